The van der Waals surface area contributed by atoms with Crippen molar-refractivity contribution < 1.29 is 4.79 Å². The first-order valence-electron chi connectivity index (χ1n) is 8.61. The first kappa shape index (κ1) is 22.4. The maximum absolute atomic E-state index is 13.5. The summed E-state index contributed by atoms with van der Waals surface area (Å²) < 4.78 is 1.70. The molecule has 0 bridgehead atoms. The summed E-state index contributed by atoms with van der Waals surface area (Å²) in [6.07, 6.45) is 1.71. The molecule has 0 saturated carbocycles. The number of amides is 1. The smallest absolute Gasteiger partial charge is 0.255 e. The minimum atomic E-state index is -0.106. The predicted molar refractivity (Wildman–Crippen MR) is 116 cm³/mol. The molecular formula is C19H22Cl3N5O. The molecule has 150 valence electrons. The van der Waals surface area contributed by atoms with Crippen molar-refractivity contribution in [2.24, 2.45) is 7.05 Å². The Morgan fingerprint density at radius 3 is 2.79 bits per heavy atom. The molecule has 0 aliphatic carbocycles. The molecule has 6 nitrogen and oxygen atoms in total. The molecule has 1 saturated heterocycles. The van der Waals surface area contributed by atoms with Crippen molar-refractivity contribution in [1.82, 2.24) is 25.0 Å². The number of hydrogen-bond acceptors (Lipinski definition) is 4. The number of aryl methyl sites for hydroxylation is 2. The van der Waals surface area contributed by atoms with Gasteiger partial charge in [-0.05, 0) is 24.6 Å². The van der Waals surface area contributed by atoms with Gasteiger partial charge in [0.05, 0.1) is 23.2 Å². The van der Waals surface area contributed by atoms with Crippen LogP contribution >= 0.6 is 36.4 Å². The van der Waals surface area contributed by atoms with E-state index in [1.54, 1.807) is 10.9 Å². The van der Waals surface area contributed by atoms with E-state index in [9.17, 15) is 4.79 Å². The molecule has 1 unspecified atom stereocenters. The maximum atomic E-state index is 13.5. The van der Waals surface area contributed by atoms with E-state index in [2.05, 4.69) is 15.4 Å². The lowest BCUT2D eigenvalue weighted by Gasteiger charge is -2.37. The third-order valence-corrected chi connectivity index (χ3v) is 5.18. The average Bonchev–Trinajstić information content (AvgIpc) is 3.02. The molecular weight excluding hydrogens is 421 g/mol. The standard InChI is InChI=1S/C19H20ClN5O.2ClH/c1-12-9-14(15-10-22-24(2)18(15)23-12)19(26)25-8-7-21-11-17(25)13-5-3-4-6-16(13)20;;/h3-6,9-10,17,21H,7-8,11H2,1-2H3;2*1H. The molecule has 1 amide bonds. The number of hydrogen-bond donors (Lipinski definition) is 1. The second-order valence-electron chi connectivity index (χ2n) is 6.56. The van der Waals surface area contributed by atoms with E-state index in [1.165, 1.54) is 0 Å². The van der Waals surface area contributed by atoms with Crippen LogP contribution in [0.3, 0.4) is 0 Å². The van der Waals surface area contributed by atoms with Gasteiger partial charge in [0.2, 0.25) is 0 Å². The third-order valence-electron chi connectivity index (χ3n) is 4.83. The average molecular weight is 443 g/mol. The summed E-state index contributed by atoms with van der Waals surface area (Å²) >= 11 is 6.41. The Bertz CT molecular complexity index is 991. The molecule has 28 heavy (non-hydrogen) atoms. The zero-order valence-electron chi connectivity index (χ0n) is 15.6. The Morgan fingerprint density at radius 2 is 2.04 bits per heavy atom. The molecule has 1 N–H and O–H groups in total. The number of carbonyl (C=O) groups is 1. The van der Waals surface area contributed by atoms with Gasteiger partial charge in [-0.15, -0.1) is 24.8 Å². The monoisotopic (exact) mass is 441 g/mol. The molecule has 9 heteroatoms. The van der Waals surface area contributed by atoms with E-state index in [4.69, 9.17) is 11.6 Å². The van der Waals surface area contributed by atoms with Gasteiger partial charge in [0.15, 0.2) is 5.65 Å². The summed E-state index contributed by atoms with van der Waals surface area (Å²) in [5, 5.41) is 9.09. The second-order valence-corrected chi connectivity index (χ2v) is 6.96. The van der Waals surface area contributed by atoms with Crippen molar-refractivity contribution in [3.8, 4) is 0 Å². The molecule has 3 heterocycles. The molecule has 1 atom stereocenters. The van der Waals surface area contributed by atoms with E-state index >= 15 is 0 Å². The second kappa shape index (κ2) is 9.09. The van der Waals surface area contributed by atoms with Crippen LogP contribution in [0.2, 0.25) is 5.02 Å². The van der Waals surface area contributed by atoms with E-state index in [0.29, 0.717) is 23.7 Å². The zero-order valence-corrected chi connectivity index (χ0v) is 17.9. The van der Waals surface area contributed by atoms with Crippen LogP contribution in [0.1, 0.15) is 27.7 Å². The fourth-order valence-corrected chi connectivity index (χ4v) is 3.80. The number of nitrogens with zero attached hydrogens (tertiary/aromatic N) is 4. The lowest BCUT2D eigenvalue weighted by molar-refractivity contribution is 0.0636. The van der Waals surface area contributed by atoms with Crippen molar-refractivity contribution in [3.63, 3.8) is 0 Å². The Hall–Kier alpha value is -1.86. The van der Waals surface area contributed by atoms with Crippen molar-refractivity contribution in [2.75, 3.05) is 19.6 Å². The maximum Gasteiger partial charge on any atom is 0.255 e. The van der Waals surface area contributed by atoms with Gasteiger partial charge in [-0.1, -0.05) is 29.8 Å². The SMILES string of the molecule is Cc1cc(C(=O)N2CCNCC2c2ccccc2Cl)c2cnn(C)c2n1.Cl.Cl. The summed E-state index contributed by atoms with van der Waals surface area (Å²) in [5.74, 6) is -0.0140. The highest BCUT2D eigenvalue weighted by Gasteiger charge is 2.31. The largest absolute Gasteiger partial charge is 0.329 e. The first-order valence-corrected chi connectivity index (χ1v) is 8.99. The number of halogens is 3. The predicted octanol–water partition coefficient (Wildman–Crippen LogP) is 3.56. The van der Waals surface area contributed by atoms with Crippen LogP contribution in [0.5, 0.6) is 0 Å². The van der Waals surface area contributed by atoms with Crippen molar-refractivity contribution in [1.29, 1.82) is 0 Å². The van der Waals surface area contributed by atoms with E-state index in [1.807, 2.05) is 49.2 Å². The summed E-state index contributed by atoms with van der Waals surface area (Å²) in [6.45, 7) is 3.95. The molecule has 3 aromatic rings. The number of carbonyl (C=O) groups excluding carboxylic acids is 1. The minimum Gasteiger partial charge on any atom is -0.329 e. The van der Waals surface area contributed by atoms with Crippen LogP contribution in [0, 0.1) is 6.92 Å². The van der Waals surface area contributed by atoms with Crippen LogP contribution in [-0.4, -0.2) is 45.2 Å². The Balaban J connectivity index is 0.00000140. The fraction of sp³-hybridized carbons (Fsp3) is 0.316. The lowest BCUT2D eigenvalue weighted by Crippen LogP contribution is -2.48. The molecule has 0 spiro atoms. The summed E-state index contributed by atoms with van der Waals surface area (Å²) in [5.41, 5.74) is 3.12. The molecule has 0 radical (unpaired) electrons. The van der Waals surface area contributed by atoms with E-state index in [0.717, 1.165) is 28.8 Å². The van der Waals surface area contributed by atoms with Gasteiger partial charge in [-0.2, -0.15) is 5.10 Å². The van der Waals surface area contributed by atoms with Crippen LogP contribution in [0.25, 0.3) is 11.0 Å². The number of pyridine rings is 1. The molecule has 1 aliphatic rings. The molecule has 1 aromatic carbocycles. The van der Waals surface area contributed by atoms with Gasteiger partial charge in [-0.3, -0.25) is 9.48 Å². The van der Waals surface area contributed by atoms with Crippen molar-refractivity contribution in [3.05, 3.63) is 58.4 Å². The van der Waals surface area contributed by atoms with Gasteiger partial charge in [0.25, 0.3) is 5.91 Å². The number of nitrogens with one attached hydrogen (secondary N) is 1. The zero-order chi connectivity index (χ0) is 18.3. The quantitative estimate of drug-likeness (QED) is 0.659. The van der Waals surface area contributed by atoms with Crippen LogP contribution in [0.4, 0.5) is 0 Å². The highest BCUT2D eigenvalue weighted by molar-refractivity contribution is 6.31. The fourth-order valence-electron chi connectivity index (χ4n) is 3.54. The van der Waals surface area contributed by atoms with Gasteiger partial charge in [0.1, 0.15) is 0 Å². The lowest BCUT2D eigenvalue weighted by atomic mass is 10.0. The Labute approximate surface area is 181 Å². The van der Waals surface area contributed by atoms with Gasteiger partial charge in [0, 0.05) is 37.4 Å². The van der Waals surface area contributed by atoms with E-state index < -0.39 is 0 Å². The van der Waals surface area contributed by atoms with Gasteiger partial charge < -0.3 is 10.2 Å². The first-order chi connectivity index (χ1) is 12.6. The van der Waals surface area contributed by atoms with Gasteiger partial charge in [-0.25, -0.2) is 4.98 Å². The van der Waals surface area contributed by atoms with Crippen LogP contribution < -0.4 is 5.32 Å². The number of aromatic nitrogens is 3. The summed E-state index contributed by atoms with van der Waals surface area (Å²) in [6, 6.07) is 9.44. The summed E-state index contributed by atoms with van der Waals surface area (Å²) in [7, 11) is 1.83. The van der Waals surface area contributed by atoms with Crippen molar-refractivity contribution in [2.45, 2.75) is 13.0 Å². The summed E-state index contributed by atoms with van der Waals surface area (Å²) in [4.78, 5) is 19.9. The molecule has 4 rings (SSSR count). The number of piperazine rings is 1. The molecule has 2 aromatic heterocycles. The van der Waals surface area contributed by atoms with Gasteiger partial charge >= 0.3 is 0 Å². The topological polar surface area (TPSA) is 63.1 Å². The Morgan fingerprint density at radius 1 is 1.29 bits per heavy atom. The normalized spacial score (nSPS) is 16.4. The van der Waals surface area contributed by atoms with Crippen LogP contribution in [0.15, 0.2) is 36.5 Å². The molecule has 1 aliphatic heterocycles. The van der Waals surface area contributed by atoms with Crippen molar-refractivity contribution >= 4 is 53.4 Å². The highest BCUT2D eigenvalue weighted by Crippen LogP contribution is 2.30. The van der Waals surface area contributed by atoms with E-state index in [-0.39, 0.29) is 36.8 Å². The number of fused-ring (bicyclic) bond motifs is 1. The molecule has 1 fully saturated rings. The number of benzene rings is 1. The third kappa shape index (κ3) is 3.96. The Kier molecular flexibility index (Phi) is 7.28. The number of rotatable bonds is 2. The highest BCUT2D eigenvalue weighted by atomic mass is 35.5. The minimum absolute atomic E-state index is 0. The van der Waals surface area contributed by atoms with Crippen LogP contribution in [-0.2, 0) is 7.05 Å².